The minimum absolute atomic E-state index is 0.0645. The Morgan fingerprint density at radius 3 is 2.36 bits per heavy atom. The molecule has 0 saturated carbocycles. The summed E-state index contributed by atoms with van der Waals surface area (Å²) in [5.74, 6) is 0.0645. The smallest absolute Gasteiger partial charge is 0.226 e. The summed E-state index contributed by atoms with van der Waals surface area (Å²) in [5, 5.41) is 0.975. The van der Waals surface area contributed by atoms with Gasteiger partial charge in [0, 0.05) is 32.9 Å². The van der Waals surface area contributed by atoms with Gasteiger partial charge in [-0.1, -0.05) is 41.4 Å². The lowest BCUT2D eigenvalue weighted by Gasteiger charge is -2.26. The highest BCUT2D eigenvalue weighted by Crippen LogP contribution is 2.23. The molecule has 1 unspecified atom stereocenters. The van der Waals surface area contributed by atoms with Crippen molar-refractivity contribution < 1.29 is 4.79 Å². The fraction of sp³-hybridized carbons (Fsp3) is 0.350. The first kappa shape index (κ1) is 19.6. The van der Waals surface area contributed by atoms with Crippen molar-refractivity contribution in [2.75, 3.05) is 26.0 Å². The molecule has 0 fully saturated rings. The molecule has 2 rings (SSSR count). The van der Waals surface area contributed by atoms with E-state index in [0.29, 0.717) is 16.5 Å². The van der Waals surface area contributed by atoms with Crippen LogP contribution in [0.25, 0.3) is 0 Å². The van der Waals surface area contributed by atoms with Gasteiger partial charge in [0.05, 0.1) is 16.5 Å². The highest BCUT2D eigenvalue weighted by atomic mass is 35.5. The van der Waals surface area contributed by atoms with Gasteiger partial charge in [-0.15, -0.1) is 0 Å². The summed E-state index contributed by atoms with van der Waals surface area (Å²) >= 11 is 12.0. The lowest BCUT2D eigenvalue weighted by molar-refractivity contribution is -0.130. The summed E-state index contributed by atoms with van der Waals surface area (Å²) in [7, 11) is 5.89. The third-order valence-electron chi connectivity index (χ3n) is 4.35. The molecular weight excluding hydrogens is 355 g/mol. The molecule has 1 atom stereocenters. The number of anilines is 1. The van der Waals surface area contributed by atoms with Gasteiger partial charge in [0.15, 0.2) is 0 Å². The van der Waals surface area contributed by atoms with Gasteiger partial charge in [-0.25, -0.2) is 0 Å². The average Bonchev–Trinajstić information content (AvgIpc) is 2.57. The first-order chi connectivity index (χ1) is 11.8. The van der Waals surface area contributed by atoms with Crippen molar-refractivity contribution in [1.29, 1.82) is 0 Å². The molecule has 5 heteroatoms. The van der Waals surface area contributed by atoms with Gasteiger partial charge in [-0.3, -0.25) is 4.79 Å². The first-order valence-corrected chi connectivity index (χ1v) is 8.99. The molecule has 0 aliphatic rings. The van der Waals surface area contributed by atoms with Gasteiger partial charge in [0.1, 0.15) is 0 Å². The SMILES string of the molecule is CC(Cc1cccc(N(C)C)c1)N(C)C(=O)Cc1ccc(Cl)c(Cl)c1. The van der Waals surface area contributed by atoms with Crippen LogP contribution in [0.3, 0.4) is 0 Å². The Kier molecular flexibility index (Phi) is 6.74. The van der Waals surface area contributed by atoms with E-state index in [0.717, 1.165) is 17.7 Å². The maximum atomic E-state index is 12.6. The number of amides is 1. The maximum absolute atomic E-state index is 12.6. The molecular formula is C20H24Cl2N2O. The minimum atomic E-state index is 0.0645. The Labute approximate surface area is 160 Å². The molecule has 0 aliphatic carbocycles. The molecule has 0 bridgehead atoms. The van der Waals surface area contributed by atoms with Gasteiger partial charge < -0.3 is 9.80 Å². The van der Waals surface area contributed by atoms with Gasteiger partial charge >= 0.3 is 0 Å². The summed E-state index contributed by atoms with van der Waals surface area (Å²) < 4.78 is 0. The number of nitrogens with zero attached hydrogens (tertiary/aromatic N) is 2. The van der Waals surface area contributed by atoms with E-state index in [4.69, 9.17) is 23.2 Å². The average molecular weight is 379 g/mol. The van der Waals surface area contributed by atoms with Crippen molar-refractivity contribution in [1.82, 2.24) is 4.90 Å². The second kappa shape index (κ2) is 8.59. The van der Waals surface area contributed by atoms with E-state index in [-0.39, 0.29) is 11.9 Å². The van der Waals surface area contributed by atoms with E-state index < -0.39 is 0 Å². The van der Waals surface area contributed by atoms with Crippen LogP contribution in [0.4, 0.5) is 5.69 Å². The molecule has 134 valence electrons. The quantitative estimate of drug-likeness (QED) is 0.727. The zero-order chi connectivity index (χ0) is 18.6. The molecule has 0 heterocycles. The maximum Gasteiger partial charge on any atom is 0.226 e. The largest absolute Gasteiger partial charge is 0.378 e. The fourth-order valence-electron chi connectivity index (χ4n) is 2.63. The summed E-state index contributed by atoms with van der Waals surface area (Å²) in [6.45, 7) is 2.06. The third kappa shape index (κ3) is 5.38. The standard InChI is InChI=1S/C20H24Cl2N2O/c1-14(10-15-6-5-7-17(11-15)23(2)3)24(4)20(25)13-16-8-9-18(21)19(22)12-16/h5-9,11-12,14H,10,13H2,1-4H3. The van der Waals surface area contributed by atoms with Crippen LogP contribution in [0.15, 0.2) is 42.5 Å². The molecule has 3 nitrogen and oxygen atoms in total. The normalized spacial score (nSPS) is 11.9. The van der Waals surface area contributed by atoms with Gasteiger partial charge in [0.2, 0.25) is 5.91 Å². The second-order valence-electron chi connectivity index (χ2n) is 6.55. The minimum Gasteiger partial charge on any atom is -0.378 e. The Morgan fingerprint density at radius 1 is 1.00 bits per heavy atom. The second-order valence-corrected chi connectivity index (χ2v) is 7.36. The zero-order valence-electron chi connectivity index (χ0n) is 15.1. The number of carbonyl (C=O) groups is 1. The Bertz CT molecular complexity index is 746. The zero-order valence-corrected chi connectivity index (χ0v) is 16.6. The van der Waals surface area contributed by atoms with Crippen LogP contribution in [0.1, 0.15) is 18.1 Å². The summed E-state index contributed by atoms with van der Waals surface area (Å²) in [4.78, 5) is 16.4. The Morgan fingerprint density at radius 2 is 1.72 bits per heavy atom. The molecule has 0 aliphatic heterocycles. The highest BCUT2D eigenvalue weighted by molar-refractivity contribution is 6.42. The van der Waals surface area contributed by atoms with E-state index in [1.807, 2.05) is 27.2 Å². The Balaban J connectivity index is 2.00. The molecule has 0 spiro atoms. The topological polar surface area (TPSA) is 23.6 Å². The highest BCUT2D eigenvalue weighted by Gasteiger charge is 2.17. The van der Waals surface area contributed by atoms with E-state index in [1.54, 1.807) is 17.0 Å². The van der Waals surface area contributed by atoms with Crippen molar-refractivity contribution >= 4 is 34.8 Å². The van der Waals surface area contributed by atoms with Crippen LogP contribution >= 0.6 is 23.2 Å². The number of hydrogen-bond acceptors (Lipinski definition) is 2. The molecule has 0 aromatic heterocycles. The predicted octanol–water partition coefficient (Wildman–Crippen LogP) is 4.69. The van der Waals surface area contributed by atoms with Crippen LogP contribution in [0.5, 0.6) is 0 Å². The van der Waals surface area contributed by atoms with Crippen molar-refractivity contribution in [3.8, 4) is 0 Å². The van der Waals surface area contributed by atoms with E-state index in [2.05, 4.69) is 36.1 Å². The van der Waals surface area contributed by atoms with E-state index in [9.17, 15) is 4.79 Å². The number of rotatable bonds is 6. The number of likely N-dealkylation sites (N-methyl/N-ethyl adjacent to an activating group) is 1. The van der Waals surface area contributed by atoms with Crippen molar-refractivity contribution in [2.45, 2.75) is 25.8 Å². The molecule has 1 amide bonds. The van der Waals surface area contributed by atoms with Crippen LogP contribution in [-0.4, -0.2) is 38.0 Å². The molecule has 0 N–H and O–H groups in total. The lowest BCUT2D eigenvalue weighted by atomic mass is 10.0. The first-order valence-electron chi connectivity index (χ1n) is 8.23. The number of benzene rings is 2. The van der Waals surface area contributed by atoms with Crippen molar-refractivity contribution in [3.05, 3.63) is 63.6 Å². The third-order valence-corrected chi connectivity index (χ3v) is 5.09. The van der Waals surface area contributed by atoms with Gasteiger partial charge in [-0.05, 0) is 48.7 Å². The summed E-state index contributed by atoms with van der Waals surface area (Å²) in [6.07, 6.45) is 1.13. The summed E-state index contributed by atoms with van der Waals surface area (Å²) in [6, 6.07) is 13.8. The fourth-order valence-corrected chi connectivity index (χ4v) is 2.96. The molecule has 2 aromatic carbocycles. The molecule has 25 heavy (non-hydrogen) atoms. The summed E-state index contributed by atoms with van der Waals surface area (Å²) in [5.41, 5.74) is 3.25. The number of hydrogen-bond donors (Lipinski definition) is 0. The predicted molar refractivity (Wildman–Crippen MR) is 107 cm³/mol. The number of carbonyl (C=O) groups excluding carboxylic acids is 1. The van der Waals surface area contributed by atoms with Gasteiger partial charge in [-0.2, -0.15) is 0 Å². The van der Waals surface area contributed by atoms with Crippen LogP contribution in [0.2, 0.25) is 10.0 Å². The molecule has 0 radical (unpaired) electrons. The van der Waals surface area contributed by atoms with Crippen LogP contribution in [-0.2, 0) is 17.6 Å². The molecule has 2 aromatic rings. The Hall–Kier alpha value is -1.71. The van der Waals surface area contributed by atoms with Crippen LogP contribution in [0, 0.1) is 0 Å². The number of halogens is 2. The lowest BCUT2D eigenvalue weighted by Crippen LogP contribution is -2.37. The van der Waals surface area contributed by atoms with Crippen molar-refractivity contribution in [2.24, 2.45) is 0 Å². The van der Waals surface area contributed by atoms with Crippen molar-refractivity contribution in [3.63, 3.8) is 0 Å². The van der Waals surface area contributed by atoms with Gasteiger partial charge in [0.25, 0.3) is 0 Å². The van der Waals surface area contributed by atoms with E-state index >= 15 is 0 Å². The monoisotopic (exact) mass is 378 g/mol. The van der Waals surface area contributed by atoms with Crippen LogP contribution < -0.4 is 4.90 Å². The molecule has 0 saturated heterocycles. The van der Waals surface area contributed by atoms with E-state index in [1.165, 1.54) is 5.56 Å².